The van der Waals surface area contributed by atoms with E-state index in [2.05, 4.69) is 5.32 Å². The zero-order valence-electron chi connectivity index (χ0n) is 19.5. The molecule has 0 aliphatic carbocycles. The van der Waals surface area contributed by atoms with Crippen molar-refractivity contribution in [2.75, 3.05) is 27.3 Å². The van der Waals surface area contributed by atoms with Gasteiger partial charge in [0.1, 0.15) is 17.3 Å². The third-order valence-corrected chi connectivity index (χ3v) is 6.65. The number of benzene rings is 3. The molecule has 0 bridgehead atoms. The van der Waals surface area contributed by atoms with Crippen LogP contribution >= 0.6 is 0 Å². The van der Waals surface area contributed by atoms with Crippen molar-refractivity contribution in [2.45, 2.75) is 12.8 Å². The van der Waals surface area contributed by atoms with Crippen LogP contribution in [0, 0.1) is 24.6 Å². The summed E-state index contributed by atoms with van der Waals surface area (Å²) < 4.78 is 25.2. The van der Waals surface area contributed by atoms with Gasteiger partial charge in [-0.3, -0.25) is 9.59 Å². The molecule has 5 nitrogen and oxygen atoms in total. The van der Waals surface area contributed by atoms with Crippen LogP contribution in [0.25, 0.3) is 0 Å². The lowest BCUT2D eigenvalue weighted by Gasteiger charge is -2.38. The van der Waals surface area contributed by atoms with Crippen LogP contribution in [0.4, 0.5) is 4.39 Å². The van der Waals surface area contributed by atoms with Gasteiger partial charge in [0.2, 0.25) is 0 Å². The molecule has 0 radical (unpaired) electrons. The normalized spacial score (nSPS) is 19.9. The van der Waals surface area contributed by atoms with E-state index in [9.17, 15) is 14.0 Å². The average molecular weight is 462 g/mol. The van der Waals surface area contributed by atoms with Crippen molar-refractivity contribution in [1.29, 1.82) is 0 Å². The minimum Gasteiger partial charge on any atom is -0.497 e. The lowest BCUT2D eigenvalue weighted by Crippen LogP contribution is -2.48. The zero-order chi connectivity index (χ0) is 24.2. The first-order valence-electron chi connectivity index (χ1n) is 11.3. The van der Waals surface area contributed by atoms with Gasteiger partial charge in [-0.1, -0.05) is 36.4 Å². The van der Waals surface area contributed by atoms with Crippen LogP contribution in [0.3, 0.4) is 0 Å². The smallest absolute Gasteiger partial charge is 0.167 e. The number of carbonyl (C=O) groups is 2. The fraction of sp³-hybridized carbons (Fsp3) is 0.286. The fourth-order valence-electron chi connectivity index (χ4n) is 4.84. The van der Waals surface area contributed by atoms with Crippen molar-refractivity contribution in [3.8, 4) is 11.5 Å². The molecule has 1 unspecified atom stereocenters. The maximum Gasteiger partial charge on any atom is 0.167 e. The highest BCUT2D eigenvalue weighted by molar-refractivity contribution is 6.02. The van der Waals surface area contributed by atoms with Gasteiger partial charge in [-0.15, -0.1) is 0 Å². The van der Waals surface area contributed by atoms with Gasteiger partial charge in [-0.05, 0) is 48.4 Å². The van der Waals surface area contributed by atoms with E-state index in [4.69, 9.17) is 9.47 Å². The summed E-state index contributed by atoms with van der Waals surface area (Å²) in [4.78, 5) is 27.5. The highest BCUT2D eigenvalue weighted by Gasteiger charge is 2.43. The van der Waals surface area contributed by atoms with Crippen LogP contribution in [0.5, 0.6) is 11.5 Å². The van der Waals surface area contributed by atoms with E-state index in [1.807, 2.05) is 6.07 Å². The topological polar surface area (TPSA) is 64.6 Å². The van der Waals surface area contributed by atoms with E-state index < -0.39 is 17.8 Å². The summed E-state index contributed by atoms with van der Waals surface area (Å²) in [7, 11) is 3.10. The highest BCUT2D eigenvalue weighted by atomic mass is 19.1. The third-order valence-electron chi connectivity index (χ3n) is 6.65. The van der Waals surface area contributed by atoms with Crippen molar-refractivity contribution in [1.82, 2.24) is 5.32 Å². The Bertz CT molecular complexity index is 1140. The van der Waals surface area contributed by atoms with Crippen LogP contribution in [-0.4, -0.2) is 38.9 Å². The minimum absolute atomic E-state index is 0.108. The number of ketones is 2. The number of rotatable bonds is 7. The van der Waals surface area contributed by atoms with Crippen LogP contribution in [-0.2, 0) is 0 Å². The van der Waals surface area contributed by atoms with Crippen molar-refractivity contribution >= 4 is 11.6 Å². The number of Topliss-reactive ketones (excluding diaryl/α,β-unsaturated/α-hetero) is 2. The molecule has 4 rings (SSSR count). The highest BCUT2D eigenvalue weighted by Crippen LogP contribution is 2.40. The molecule has 1 aliphatic heterocycles. The summed E-state index contributed by atoms with van der Waals surface area (Å²) in [6.45, 7) is 2.48. The molecule has 1 aliphatic rings. The molecule has 1 N–H and O–H groups in total. The second-order valence-corrected chi connectivity index (χ2v) is 8.54. The zero-order valence-corrected chi connectivity index (χ0v) is 19.5. The Morgan fingerprint density at radius 3 is 1.82 bits per heavy atom. The predicted octanol–water partition coefficient (Wildman–Crippen LogP) is 4.84. The summed E-state index contributed by atoms with van der Waals surface area (Å²) in [5.41, 5.74) is 2.14. The van der Waals surface area contributed by atoms with Gasteiger partial charge in [-0.25, -0.2) is 4.39 Å². The number of carbonyl (C=O) groups excluding carboxylic acids is 2. The predicted molar refractivity (Wildman–Crippen MR) is 128 cm³/mol. The van der Waals surface area contributed by atoms with Crippen LogP contribution in [0.1, 0.15) is 37.8 Å². The molecular weight excluding hydrogens is 433 g/mol. The molecule has 0 saturated carbocycles. The molecular formula is C28H28FNO4. The van der Waals surface area contributed by atoms with E-state index in [1.165, 1.54) is 6.07 Å². The van der Waals surface area contributed by atoms with E-state index in [-0.39, 0.29) is 17.4 Å². The third kappa shape index (κ3) is 4.59. The Hall–Kier alpha value is -3.51. The van der Waals surface area contributed by atoms with E-state index >= 15 is 0 Å². The van der Waals surface area contributed by atoms with Gasteiger partial charge in [0.25, 0.3) is 0 Å². The molecule has 34 heavy (non-hydrogen) atoms. The summed E-state index contributed by atoms with van der Waals surface area (Å²) in [6, 6.07) is 18.8. The molecule has 3 aromatic carbocycles. The molecule has 0 spiro atoms. The minimum atomic E-state index is -0.555. The van der Waals surface area contributed by atoms with Gasteiger partial charge in [0.15, 0.2) is 11.6 Å². The van der Waals surface area contributed by atoms with Crippen molar-refractivity contribution in [3.63, 3.8) is 0 Å². The Balaban J connectivity index is 1.80. The molecule has 6 heteroatoms. The van der Waals surface area contributed by atoms with Gasteiger partial charge >= 0.3 is 0 Å². The number of hydrogen-bond donors (Lipinski definition) is 1. The Morgan fingerprint density at radius 2 is 1.32 bits per heavy atom. The van der Waals surface area contributed by atoms with E-state index in [0.29, 0.717) is 46.8 Å². The van der Waals surface area contributed by atoms with Gasteiger partial charge in [-0.2, -0.15) is 0 Å². The largest absolute Gasteiger partial charge is 0.497 e. The van der Waals surface area contributed by atoms with Gasteiger partial charge < -0.3 is 14.8 Å². The molecule has 1 heterocycles. The quantitative estimate of drug-likeness (QED) is 0.511. The number of ether oxygens (including phenoxy) is 2. The van der Waals surface area contributed by atoms with Crippen LogP contribution in [0.15, 0.2) is 66.7 Å². The maximum absolute atomic E-state index is 14.6. The number of methoxy groups -OCH3 is 2. The van der Waals surface area contributed by atoms with Gasteiger partial charge in [0.05, 0.1) is 14.2 Å². The summed E-state index contributed by atoms with van der Waals surface area (Å²) in [6.07, 6.45) is 0. The Morgan fingerprint density at radius 1 is 0.824 bits per heavy atom. The average Bonchev–Trinajstić information content (AvgIpc) is 2.89. The molecule has 1 saturated heterocycles. The first kappa shape index (κ1) is 23.6. The van der Waals surface area contributed by atoms with E-state index in [0.717, 1.165) is 0 Å². The van der Waals surface area contributed by atoms with Crippen molar-refractivity contribution in [2.24, 2.45) is 11.8 Å². The number of halogens is 1. The molecule has 1 fully saturated rings. The van der Waals surface area contributed by atoms with Crippen molar-refractivity contribution < 1.29 is 23.5 Å². The first-order chi connectivity index (χ1) is 16.4. The number of nitrogens with one attached hydrogen (secondary N) is 1. The van der Waals surface area contributed by atoms with Crippen LogP contribution in [0.2, 0.25) is 0 Å². The lowest BCUT2D eigenvalue weighted by atomic mass is 9.68. The molecule has 0 amide bonds. The monoisotopic (exact) mass is 461 g/mol. The standard InChI is InChI=1S/C28H28FNO4/c1-17-22(11-6-12-25(17)29)26-23(27(31)18-7-4-9-20(13-18)33-2)15-30-16-24(26)28(32)19-8-5-10-21(14-19)34-3/h4-14,23-24,26,30H,15-16H2,1-3H3/t23-,24+,26?. The fourth-order valence-corrected chi connectivity index (χ4v) is 4.84. The van der Waals surface area contributed by atoms with E-state index in [1.54, 1.807) is 75.7 Å². The molecule has 3 aromatic rings. The van der Waals surface area contributed by atoms with Gasteiger partial charge in [0, 0.05) is 42.0 Å². The maximum atomic E-state index is 14.6. The SMILES string of the molecule is COc1cccc(C(=O)[C@H]2CNC[C@@H](C(=O)c3cccc(OC)c3)C2c2cccc(F)c2C)c1. The molecule has 176 valence electrons. The Labute approximate surface area is 198 Å². The number of piperidine rings is 1. The second kappa shape index (κ2) is 10.2. The first-order valence-corrected chi connectivity index (χ1v) is 11.3. The molecule has 3 atom stereocenters. The Kier molecular flexibility index (Phi) is 7.08. The summed E-state index contributed by atoms with van der Waals surface area (Å²) in [5, 5.41) is 3.28. The number of hydrogen-bond acceptors (Lipinski definition) is 5. The van der Waals surface area contributed by atoms with Crippen LogP contribution < -0.4 is 14.8 Å². The second-order valence-electron chi connectivity index (χ2n) is 8.54. The summed E-state index contributed by atoms with van der Waals surface area (Å²) >= 11 is 0. The lowest BCUT2D eigenvalue weighted by molar-refractivity contribution is 0.0767. The van der Waals surface area contributed by atoms with Crippen molar-refractivity contribution in [3.05, 3.63) is 94.8 Å². The molecule has 0 aromatic heterocycles. The summed E-state index contributed by atoms with van der Waals surface area (Å²) in [5.74, 6) is -1.01.